The lowest BCUT2D eigenvalue weighted by molar-refractivity contribution is -0.189. The molecule has 2 heterocycles. The van der Waals surface area contributed by atoms with E-state index in [1.54, 1.807) is 0 Å². The molecule has 1 aliphatic heterocycles. The first-order valence-corrected chi connectivity index (χ1v) is 7.75. The summed E-state index contributed by atoms with van der Waals surface area (Å²) in [6.45, 7) is 1.28. The van der Waals surface area contributed by atoms with Crippen molar-refractivity contribution < 1.29 is 27.5 Å². The Morgan fingerprint density at radius 1 is 1.32 bits per heavy atom. The smallest absolute Gasteiger partial charge is 0.417 e. The number of hydrogen-bond acceptors (Lipinski definition) is 4. The lowest BCUT2D eigenvalue weighted by Crippen LogP contribution is -2.37. The molecule has 0 bridgehead atoms. The summed E-state index contributed by atoms with van der Waals surface area (Å²) in [7, 11) is 0. The molecule has 1 saturated heterocycles. The van der Waals surface area contributed by atoms with E-state index in [1.807, 2.05) is 0 Å². The fraction of sp³-hybridized carbons (Fsp3) is 0.333. The number of alkyl halides is 3. The number of aromatic amines is 1. The lowest BCUT2D eigenvalue weighted by atomic mass is 10.2. The van der Waals surface area contributed by atoms with Crippen molar-refractivity contribution in [1.29, 1.82) is 0 Å². The maximum Gasteiger partial charge on any atom is 0.491 e. The van der Waals surface area contributed by atoms with E-state index in [4.69, 9.17) is 11.6 Å². The van der Waals surface area contributed by atoms with E-state index in [2.05, 4.69) is 20.4 Å². The van der Waals surface area contributed by atoms with Crippen molar-refractivity contribution in [3.05, 3.63) is 28.9 Å². The molecule has 1 aliphatic rings. The van der Waals surface area contributed by atoms with Gasteiger partial charge in [-0.25, -0.2) is 4.79 Å². The van der Waals surface area contributed by atoms with E-state index in [1.165, 1.54) is 18.2 Å². The Morgan fingerprint density at radius 2 is 2.08 bits per heavy atom. The zero-order valence-electron chi connectivity index (χ0n) is 12.7. The van der Waals surface area contributed by atoms with Crippen molar-refractivity contribution in [2.45, 2.75) is 18.6 Å². The second-order valence-electron chi connectivity index (χ2n) is 5.57. The summed E-state index contributed by atoms with van der Waals surface area (Å²) in [5, 5.41) is 6.20. The number of carbonyl (C=O) groups is 2. The van der Waals surface area contributed by atoms with Crippen LogP contribution in [0.5, 0.6) is 5.75 Å². The van der Waals surface area contributed by atoms with Crippen molar-refractivity contribution in [3.63, 3.8) is 0 Å². The van der Waals surface area contributed by atoms with Crippen LogP contribution in [0.2, 0.25) is 5.02 Å². The minimum absolute atomic E-state index is 0.150. The summed E-state index contributed by atoms with van der Waals surface area (Å²) < 4.78 is 42.1. The highest BCUT2D eigenvalue weighted by Gasteiger charge is 2.42. The van der Waals surface area contributed by atoms with Crippen LogP contribution in [0.15, 0.2) is 18.2 Å². The van der Waals surface area contributed by atoms with Gasteiger partial charge in [-0.05, 0) is 31.2 Å². The topological polar surface area (TPSA) is 83.2 Å². The van der Waals surface area contributed by atoms with Crippen LogP contribution in [0, 0.1) is 0 Å². The van der Waals surface area contributed by atoms with Gasteiger partial charge in [0.25, 0.3) is 5.91 Å². The van der Waals surface area contributed by atoms with Crippen LogP contribution < -0.4 is 15.4 Å². The maximum atomic E-state index is 12.6. The van der Waals surface area contributed by atoms with Gasteiger partial charge in [-0.15, -0.1) is 0 Å². The molecule has 3 N–H and O–H groups in total. The summed E-state index contributed by atoms with van der Waals surface area (Å²) >= 11 is 5.86. The highest BCUT2D eigenvalue weighted by atomic mass is 35.5. The average Bonchev–Trinajstić information content (AvgIpc) is 3.14. The van der Waals surface area contributed by atoms with Gasteiger partial charge >= 0.3 is 12.1 Å². The second kappa shape index (κ2) is 6.57. The molecule has 1 fully saturated rings. The maximum absolute atomic E-state index is 12.6. The molecule has 6 nitrogen and oxygen atoms in total. The van der Waals surface area contributed by atoms with Crippen molar-refractivity contribution >= 4 is 34.4 Å². The van der Waals surface area contributed by atoms with Crippen LogP contribution in [0.3, 0.4) is 0 Å². The van der Waals surface area contributed by atoms with Crippen molar-refractivity contribution in [2.75, 3.05) is 13.1 Å². The molecule has 10 heteroatoms. The Morgan fingerprint density at radius 3 is 2.72 bits per heavy atom. The monoisotopic (exact) mass is 375 g/mol. The minimum atomic E-state index is -5.18. The van der Waals surface area contributed by atoms with Crippen molar-refractivity contribution in [1.82, 2.24) is 15.6 Å². The predicted octanol–water partition coefficient (Wildman–Crippen LogP) is 2.38. The number of esters is 1. The average molecular weight is 376 g/mol. The third kappa shape index (κ3) is 3.72. The number of hydrogen-bond donors (Lipinski definition) is 3. The lowest BCUT2D eigenvalue weighted by Gasteiger charge is -2.12. The largest absolute Gasteiger partial charge is 0.491 e. The number of fused-ring (bicyclic) bond motifs is 1. The van der Waals surface area contributed by atoms with Crippen LogP contribution >= 0.6 is 11.6 Å². The van der Waals surface area contributed by atoms with Crippen molar-refractivity contribution in [2.24, 2.45) is 0 Å². The molecule has 0 spiro atoms. The van der Waals surface area contributed by atoms with Gasteiger partial charge in [0.15, 0.2) is 5.75 Å². The van der Waals surface area contributed by atoms with E-state index in [0.717, 1.165) is 6.54 Å². The number of ether oxygens (including phenoxy) is 1. The second-order valence-corrected chi connectivity index (χ2v) is 6.01. The molecule has 1 aromatic heterocycles. The van der Waals surface area contributed by atoms with Gasteiger partial charge in [-0.2, -0.15) is 13.2 Å². The van der Waals surface area contributed by atoms with Crippen LogP contribution in [-0.4, -0.2) is 42.2 Å². The third-order valence-corrected chi connectivity index (χ3v) is 4.00. The summed E-state index contributed by atoms with van der Waals surface area (Å²) in [5.41, 5.74) is 0.0222. The van der Waals surface area contributed by atoms with Gasteiger partial charge in [0, 0.05) is 23.0 Å². The number of nitrogens with one attached hydrogen (secondary N) is 3. The molecule has 1 aromatic carbocycles. The molecule has 1 atom stereocenters. The molecule has 2 aromatic rings. The Bertz CT molecular complexity index is 829. The Balaban J connectivity index is 1.98. The first-order valence-electron chi connectivity index (χ1n) is 7.37. The Kier molecular flexibility index (Phi) is 4.61. The highest BCUT2D eigenvalue weighted by molar-refractivity contribution is 6.31. The van der Waals surface area contributed by atoms with Gasteiger partial charge in [0.2, 0.25) is 0 Å². The molecule has 134 valence electrons. The summed E-state index contributed by atoms with van der Waals surface area (Å²) in [5.74, 6) is -3.54. The summed E-state index contributed by atoms with van der Waals surface area (Å²) in [6.07, 6.45) is -4.49. The van der Waals surface area contributed by atoms with Gasteiger partial charge in [-0.1, -0.05) is 11.6 Å². The number of amides is 1. The molecule has 0 aliphatic carbocycles. The number of carbonyl (C=O) groups excluding carboxylic acids is 2. The van der Waals surface area contributed by atoms with E-state index >= 15 is 0 Å². The number of aromatic nitrogens is 1. The fourth-order valence-corrected chi connectivity index (χ4v) is 2.77. The first-order chi connectivity index (χ1) is 11.8. The molecule has 3 rings (SSSR count). The van der Waals surface area contributed by atoms with Crippen LogP contribution in [0.1, 0.15) is 16.9 Å². The highest BCUT2D eigenvalue weighted by Crippen LogP contribution is 2.33. The van der Waals surface area contributed by atoms with Gasteiger partial charge in [-0.3, -0.25) is 4.79 Å². The molecular weight excluding hydrogens is 363 g/mol. The normalized spacial score (nSPS) is 17.7. The van der Waals surface area contributed by atoms with Gasteiger partial charge in [0.1, 0.15) is 5.69 Å². The quantitative estimate of drug-likeness (QED) is 0.719. The van der Waals surface area contributed by atoms with Gasteiger partial charge in [0.05, 0.1) is 5.52 Å². The minimum Gasteiger partial charge on any atom is -0.417 e. The van der Waals surface area contributed by atoms with E-state index in [0.29, 0.717) is 18.0 Å². The van der Waals surface area contributed by atoms with Crippen LogP contribution in [0.25, 0.3) is 10.9 Å². The summed E-state index contributed by atoms with van der Waals surface area (Å²) in [4.78, 5) is 26.3. The third-order valence-electron chi connectivity index (χ3n) is 3.76. The molecule has 0 radical (unpaired) electrons. The zero-order chi connectivity index (χ0) is 18.2. The van der Waals surface area contributed by atoms with Crippen LogP contribution in [0.4, 0.5) is 13.2 Å². The number of halogens is 4. The zero-order valence-corrected chi connectivity index (χ0v) is 13.4. The van der Waals surface area contributed by atoms with E-state index < -0.39 is 23.8 Å². The number of benzene rings is 1. The fourth-order valence-electron chi connectivity index (χ4n) is 2.60. The SMILES string of the molecule is O=C(NC1CCNC1)c1[nH]c2cc(Cl)ccc2c1OC(=O)C(F)(F)F. The van der Waals surface area contributed by atoms with Crippen molar-refractivity contribution in [3.8, 4) is 5.75 Å². The van der Waals surface area contributed by atoms with Crippen LogP contribution in [-0.2, 0) is 4.79 Å². The Labute approximate surface area is 144 Å². The molecule has 1 amide bonds. The number of H-pyrrole nitrogens is 1. The van der Waals surface area contributed by atoms with E-state index in [-0.39, 0.29) is 22.6 Å². The number of rotatable bonds is 3. The van der Waals surface area contributed by atoms with Gasteiger partial charge < -0.3 is 20.4 Å². The van der Waals surface area contributed by atoms with E-state index in [9.17, 15) is 22.8 Å². The first kappa shape index (κ1) is 17.6. The summed E-state index contributed by atoms with van der Waals surface area (Å²) in [6, 6.07) is 4.07. The standard InChI is InChI=1S/C15H13ClF3N3O3/c16-7-1-2-9-10(5-7)22-11(12(9)25-14(24)15(17,18)19)13(23)21-8-3-4-20-6-8/h1-2,5,8,20,22H,3-4,6H2,(H,21,23). The molecule has 25 heavy (non-hydrogen) atoms. The Hall–Kier alpha value is -2.26. The molecule has 1 unspecified atom stereocenters. The predicted molar refractivity (Wildman–Crippen MR) is 83.7 cm³/mol. The molecular formula is C15H13ClF3N3O3. The molecule has 0 saturated carbocycles.